The molecule has 0 aromatic rings. The van der Waals surface area contributed by atoms with Crippen molar-refractivity contribution in [2.45, 2.75) is 57.4 Å². The summed E-state index contributed by atoms with van der Waals surface area (Å²) < 4.78 is 0. The van der Waals surface area contributed by atoms with Crippen molar-refractivity contribution < 1.29 is 0 Å². The molecule has 3 nitrogen and oxygen atoms in total. The molecule has 0 aromatic heterocycles. The van der Waals surface area contributed by atoms with Crippen LogP contribution in [0, 0.1) is 0 Å². The third kappa shape index (κ3) is 3.25. The van der Waals surface area contributed by atoms with E-state index in [1.807, 2.05) is 0 Å². The van der Waals surface area contributed by atoms with Crippen molar-refractivity contribution in [3.63, 3.8) is 0 Å². The number of hydrogen-bond acceptors (Lipinski definition) is 3. The van der Waals surface area contributed by atoms with Gasteiger partial charge in [0.25, 0.3) is 0 Å². The van der Waals surface area contributed by atoms with Crippen LogP contribution in [0.4, 0.5) is 0 Å². The van der Waals surface area contributed by atoms with E-state index in [4.69, 9.17) is 5.73 Å². The van der Waals surface area contributed by atoms with Gasteiger partial charge >= 0.3 is 0 Å². The standard InChI is InChI=1S/C15H31N3/c1-2-18(15(14-16)8-3-4-9-15)13-7-12-17-10-5-6-11-17/h2-14,16H2,1H3. The summed E-state index contributed by atoms with van der Waals surface area (Å²) >= 11 is 0. The first-order valence-electron chi connectivity index (χ1n) is 7.98. The maximum atomic E-state index is 6.09. The number of likely N-dealkylation sites (N-methyl/N-ethyl adjacent to an activating group) is 1. The first kappa shape index (κ1) is 14.3. The minimum Gasteiger partial charge on any atom is -0.329 e. The highest BCUT2D eigenvalue weighted by atomic mass is 15.2. The average Bonchev–Trinajstić information content (AvgIpc) is 3.06. The van der Waals surface area contributed by atoms with Gasteiger partial charge in [-0.2, -0.15) is 0 Å². The lowest BCUT2D eigenvalue weighted by atomic mass is 9.95. The molecule has 0 amide bonds. The molecular weight excluding hydrogens is 222 g/mol. The van der Waals surface area contributed by atoms with Gasteiger partial charge < -0.3 is 10.6 Å². The summed E-state index contributed by atoms with van der Waals surface area (Å²) in [5.74, 6) is 0. The summed E-state index contributed by atoms with van der Waals surface area (Å²) in [7, 11) is 0. The first-order chi connectivity index (χ1) is 8.80. The summed E-state index contributed by atoms with van der Waals surface area (Å²) in [6.07, 6.45) is 9.52. The van der Waals surface area contributed by atoms with Gasteiger partial charge in [0, 0.05) is 12.1 Å². The Hall–Kier alpha value is -0.120. The van der Waals surface area contributed by atoms with Gasteiger partial charge in [0.2, 0.25) is 0 Å². The Kier molecular flexibility index (Phi) is 5.46. The van der Waals surface area contributed by atoms with Crippen molar-refractivity contribution in [1.29, 1.82) is 0 Å². The summed E-state index contributed by atoms with van der Waals surface area (Å²) in [6.45, 7) is 9.50. The summed E-state index contributed by atoms with van der Waals surface area (Å²) in [6, 6.07) is 0. The van der Waals surface area contributed by atoms with Crippen LogP contribution < -0.4 is 5.73 Å². The molecule has 0 radical (unpaired) electrons. The second-order valence-electron chi connectivity index (χ2n) is 6.12. The predicted molar refractivity (Wildman–Crippen MR) is 77.8 cm³/mol. The van der Waals surface area contributed by atoms with Crippen LogP contribution in [0.15, 0.2) is 0 Å². The molecule has 3 heteroatoms. The van der Waals surface area contributed by atoms with Crippen LogP contribution >= 0.6 is 0 Å². The largest absolute Gasteiger partial charge is 0.329 e. The highest BCUT2D eigenvalue weighted by Crippen LogP contribution is 2.34. The fourth-order valence-corrected chi connectivity index (χ4v) is 3.90. The van der Waals surface area contributed by atoms with E-state index in [1.54, 1.807) is 0 Å². The van der Waals surface area contributed by atoms with Crippen LogP contribution in [0.25, 0.3) is 0 Å². The maximum absolute atomic E-state index is 6.09. The quantitative estimate of drug-likeness (QED) is 0.754. The van der Waals surface area contributed by atoms with E-state index < -0.39 is 0 Å². The topological polar surface area (TPSA) is 32.5 Å². The third-order valence-corrected chi connectivity index (χ3v) is 5.07. The molecule has 2 rings (SSSR count). The monoisotopic (exact) mass is 253 g/mol. The van der Waals surface area contributed by atoms with Crippen LogP contribution in [0.1, 0.15) is 51.9 Å². The molecule has 2 fully saturated rings. The van der Waals surface area contributed by atoms with E-state index in [0.717, 1.165) is 13.1 Å². The molecular formula is C15H31N3. The van der Waals surface area contributed by atoms with Gasteiger partial charge in [0.1, 0.15) is 0 Å². The van der Waals surface area contributed by atoms with Crippen LogP contribution in [0.2, 0.25) is 0 Å². The minimum atomic E-state index is 0.347. The van der Waals surface area contributed by atoms with Crippen molar-refractivity contribution in [3.05, 3.63) is 0 Å². The van der Waals surface area contributed by atoms with Crippen molar-refractivity contribution in [3.8, 4) is 0 Å². The van der Waals surface area contributed by atoms with Gasteiger partial charge in [-0.3, -0.25) is 4.90 Å². The molecule has 2 N–H and O–H groups in total. The highest BCUT2D eigenvalue weighted by molar-refractivity contribution is 4.95. The van der Waals surface area contributed by atoms with Gasteiger partial charge in [-0.05, 0) is 64.8 Å². The van der Waals surface area contributed by atoms with Crippen molar-refractivity contribution in [2.75, 3.05) is 39.3 Å². The molecule has 106 valence electrons. The van der Waals surface area contributed by atoms with Gasteiger partial charge in [-0.25, -0.2) is 0 Å². The Morgan fingerprint density at radius 3 is 2.33 bits per heavy atom. The van der Waals surface area contributed by atoms with E-state index in [-0.39, 0.29) is 0 Å². The lowest BCUT2D eigenvalue weighted by Crippen LogP contribution is -2.52. The minimum absolute atomic E-state index is 0.347. The molecule has 0 bridgehead atoms. The molecule has 0 spiro atoms. The summed E-state index contributed by atoms with van der Waals surface area (Å²) in [4.78, 5) is 5.30. The predicted octanol–water partition coefficient (Wildman–Crippen LogP) is 2.07. The molecule has 0 atom stereocenters. The van der Waals surface area contributed by atoms with Crippen molar-refractivity contribution in [2.24, 2.45) is 5.73 Å². The Morgan fingerprint density at radius 2 is 1.78 bits per heavy atom. The van der Waals surface area contributed by atoms with E-state index in [9.17, 15) is 0 Å². The van der Waals surface area contributed by atoms with E-state index in [2.05, 4.69) is 16.7 Å². The highest BCUT2D eigenvalue weighted by Gasteiger charge is 2.37. The molecule has 1 aliphatic heterocycles. The van der Waals surface area contributed by atoms with Gasteiger partial charge in [0.05, 0.1) is 0 Å². The smallest absolute Gasteiger partial charge is 0.0331 e. The van der Waals surface area contributed by atoms with Crippen molar-refractivity contribution in [1.82, 2.24) is 9.80 Å². The molecule has 2 aliphatic rings. The van der Waals surface area contributed by atoms with Crippen LogP contribution in [0.5, 0.6) is 0 Å². The SMILES string of the molecule is CCN(CCCN1CCCC1)C1(CN)CCCC1. The average molecular weight is 253 g/mol. The third-order valence-electron chi connectivity index (χ3n) is 5.07. The second-order valence-corrected chi connectivity index (χ2v) is 6.12. The Bertz CT molecular complexity index is 230. The number of nitrogens with two attached hydrogens (primary N) is 1. The zero-order chi connectivity index (χ0) is 12.8. The molecule has 1 saturated heterocycles. The van der Waals surface area contributed by atoms with Crippen molar-refractivity contribution >= 4 is 0 Å². The summed E-state index contributed by atoms with van der Waals surface area (Å²) in [5, 5.41) is 0. The lowest BCUT2D eigenvalue weighted by molar-refractivity contribution is 0.0999. The number of hydrogen-bond donors (Lipinski definition) is 1. The van der Waals surface area contributed by atoms with Gasteiger partial charge in [-0.1, -0.05) is 19.8 Å². The molecule has 0 unspecified atom stereocenters. The Labute approximate surface area is 113 Å². The van der Waals surface area contributed by atoms with Crippen LogP contribution in [0.3, 0.4) is 0 Å². The Morgan fingerprint density at radius 1 is 1.11 bits per heavy atom. The maximum Gasteiger partial charge on any atom is 0.0331 e. The number of rotatable bonds is 7. The lowest BCUT2D eigenvalue weighted by Gasteiger charge is -2.40. The second kappa shape index (κ2) is 6.88. The summed E-state index contributed by atoms with van der Waals surface area (Å²) in [5.41, 5.74) is 6.43. The molecule has 18 heavy (non-hydrogen) atoms. The number of likely N-dealkylation sites (tertiary alicyclic amines) is 1. The molecule has 1 saturated carbocycles. The zero-order valence-electron chi connectivity index (χ0n) is 12.2. The first-order valence-corrected chi connectivity index (χ1v) is 7.98. The molecule has 1 heterocycles. The number of nitrogens with zero attached hydrogens (tertiary/aromatic N) is 2. The van der Waals surface area contributed by atoms with Gasteiger partial charge in [0.15, 0.2) is 0 Å². The normalized spacial score (nSPS) is 24.2. The van der Waals surface area contributed by atoms with E-state index in [0.29, 0.717) is 5.54 Å². The van der Waals surface area contributed by atoms with Crippen LogP contribution in [-0.2, 0) is 0 Å². The molecule has 1 aliphatic carbocycles. The molecule has 0 aromatic carbocycles. The van der Waals surface area contributed by atoms with Gasteiger partial charge in [-0.15, -0.1) is 0 Å². The fraction of sp³-hybridized carbons (Fsp3) is 1.00. The fourth-order valence-electron chi connectivity index (χ4n) is 3.90. The van der Waals surface area contributed by atoms with E-state index >= 15 is 0 Å². The van der Waals surface area contributed by atoms with E-state index in [1.165, 1.54) is 71.1 Å². The zero-order valence-corrected chi connectivity index (χ0v) is 12.2. The Balaban J connectivity index is 1.77. The van der Waals surface area contributed by atoms with Crippen LogP contribution in [-0.4, -0.2) is 54.6 Å².